The molecule has 0 unspecified atom stereocenters. The van der Waals surface area contributed by atoms with Crippen molar-refractivity contribution in [2.75, 3.05) is 36.5 Å². The Kier molecular flexibility index (Phi) is 7.80. The number of carbonyl (C=O) groups excluding carboxylic acids is 2. The van der Waals surface area contributed by atoms with Gasteiger partial charge in [0.05, 0.1) is 31.7 Å². The third-order valence-electron chi connectivity index (χ3n) is 5.36. The fourth-order valence-electron chi connectivity index (χ4n) is 3.47. The van der Waals surface area contributed by atoms with Gasteiger partial charge in [-0.3, -0.25) is 9.59 Å². The van der Waals surface area contributed by atoms with Crippen LogP contribution in [0.4, 0.5) is 24.7 Å². The highest BCUT2D eigenvalue weighted by Gasteiger charge is 2.30. The van der Waals surface area contributed by atoms with Crippen LogP contribution in [0.3, 0.4) is 0 Å². The molecule has 1 aliphatic rings. The van der Waals surface area contributed by atoms with E-state index in [9.17, 15) is 27.0 Å². The van der Waals surface area contributed by atoms with Crippen molar-refractivity contribution in [3.63, 3.8) is 0 Å². The summed E-state index contributed by atoms with van der Waals surface area (Å²) < 4.78 is 53.1. The standard InChI is InChI=1S/C21H19Cl2F3N8O3S/c22-13-2-1-3-14(23)17(13)34-31-16(18(27)35)19(32-34)30-12-4-5-15(28-10-12)20(36)33-6-8-38(37,9-7-33)29-11-21(24,25)26/h1-5,10H,6-9,11H2,(H2,27,35)(H,30,32). The highest BCUT2D eigenvalue weighted by atomic mass is 35.5. The van der Waals surface area contributed by atoms with Gasteiger partial charge in [-0.1, -0.05) is 29.3 Å². The van der Waals surface area contributed by atoms with Crippen molar-refractivity contribution in [1.82, 2.24) is 24.9 Å². The van der Waals surface area contributed by atoms with Gasteiger partial charge in [0, 0.05) is 24.6 Å². The fraction of sp³-hybridized carbons (Fsp3) is 0.286. The molecule has 1 aromatic carbocycles. The zero-order chi connectivity index (χ0) is 27.7. The average Bonchev–Trinajstić information content (AvgIpc) is 3.26. The Morgan fingerprint density at radius 2 is 1.76 bits per heavy atom. The van der Waals surface area contributed by atoms with Gasteiger partial charge in [-0.15, -0.1) is 15.0 Å². The third kappa shape index (κ3) is 6.34. The number of nitrogens with one attached hydrogen (secondary N) is 1. The van der Waals surface area contributed by atoms with Gasteiger partial charge in [-0.25, -0.2) is 13.6 Å². The number of anilines is 2. The molecule has 38 heavy (non-hydrogen) atoms. The number of amides is 2. The normalized spacial score (nSPS) is 15.2. The lowest BCUT2D eigenvalue weighted by Crippen LogP contribution is -2.44. The van der Waals surface area contributed by atoms with Gasteiger partial charge in [0.25, 0.3) is 11.8 Å². The summed E-state index contributed by atoms with van der Waals surface area (Å²) in [6.45, 7) is -1.51. The van der Waals surface area contributed by atoms with E-state index in [2.05, 4.69) is 24.9 Å². The lowest BCUT2D eigenvalue weighted by atomic mass is 10.3. The van der Waals surface area contributed by atoms with Crippen molar-refractivity contribution in [1.29, 1.82) is 0 Å². The molecule has 4 rings (SSSR count). The van der Waals surface area contributed by atoms with E-state index in [0.717, 1.165) is 4.80 Å². The number of pyridine rings is 1. The lowest BCUT2D eigenvalue weighted by molar-refractivity contribution is -0.117. The molecule has 11 nitrogen and oxygen atoms in total. The Bertz CT molecular complexity index is 1470. The van der Waals surface area contributed by atoms with Gasteiger partial charge in [0.15, 0.2) is 11.5 Å². The zero-order valence-corrected chi connectivity index (χ0v) is 21.6. The summed E-state index contributed by atoms with van der Waals surface area (Å²) in [4.78, 5) is 31.3. The van der Waals surface area contributed by atoms with Crippen LogP contribution in [0.25, 0.3) is 5.69 Å². The molecule has 2 aromatic heterocycles. The lowest BCUT2D eigenvalue weighted by Gasteiger charge is -2.28. The Hall–Kier alpha value is -3.43. The predicted octanol–water partition coefficient (Wildman–Crippen LogP) is 3.30. The van der Waals surface area contributed by atoms with Crippen LogP contribution in [0.2, 0.25) is 10.0 Å². The van der Waals surface area contributed by atoms with E-state index in [4.69, 9.17) is 28.9 Å². The van der Waals surface area contributed by atoms with E-state index in [1.165, 1.54) is 23.2 Å². The van der Waals surface area contributed by atoms with E-state index >= 15 is 0 Å². The van der Waals surface area contributed by atoms with Crippen molar-refractivity contribution in [2.24, 2.45) is 10.1 Å². The molecule has 1 fully saturated rings. The van der Waals surface area contributed by atoms with Crippen molar-refractivity contribution in [3.05, 3.63) is 58.0 Å². The molecule has 0 saturated carbocycles. The summed E-state index contributed by atoms with van der Waals surface area (Å²) >= 11 is 12.4. The molecule has 17 heteroatoms. The van der Waals surface area contributed by atoms with Crippen molar-refractivity contribution >= 4 is 56.3 Å². The van der Waals surface area contributed by atoms with E-state index in [1.54, 1.807) is 18.2 Å². The summed E-state index contributed by atoms with van der Waals surface area (Å²) in [7, 11) is -3.04. The molecular formula is C21H19Cl2F3N8O3S. The van der Waals surface area contributed by atoms with Crippen LogP contribution in [0.5, 0.6) is 0 Å². The number of aromatic nitrogens is 4. The minimum absolute atomic E-state index is 0.0113. The second-order valence-corrected chi connectivity index (χ2v) is 11.5. The van der Waals surface area contributed by atoms with Gasteiger partial charge in [-0.2, -0.15) is 13.2 Å². The molecule has 0 atom stereocenters. The Morgan fingerprint density at radius 3 is 2.32 bits per heavy atom. The highest BCUT2D eigenvalue weighted by Crippen LogP contribution is 2.29. The number of alkyl halides is 3. The minimum Gasteiger partial charge on any atom is -0.364 e. The van der Waals surface area contributed by atoms with E-state index in [0.29, 0.717) is 5.69 Å². The van der Waals surface area contributed by atoms with E-state index in [-0.39, 0.29) is 57.5 Å². The van der Waals surface area contributed by atoms with Gasteiger partial charge in [0.1, 0.15) is 17.9 Å². The molecule has 3 N–H and O–H groups in total. The third-order valence-corrected chi connectivity index (χ3v) is 8.21. The molecule has 3 aromatic rings. The van der Waals surface area contributed by atoms with Gasteiger partial charge >= 0.3 is 6.18 Å². The smallest absolute Gasteiger partial charge is 0.364 e. The van der Waals surface area contributed by atoms with Crippen molar-refractivity contribution in [2.45, 2.75) is 6.18 Å². The number of hydrogen-bond acceptors (Lipinski definition) is 8. The summed E-state index contributed by atoms with van der Waals surface area (Å²) in [6, 6.07) is 7.68. The molecule has 1 aliphatic heterocycles. The molecule has 0 aliphatic carbocycles. The van der Waals surface area contributed by atoms with Crippen LogP contribution in [0.15, 0.2) is 40.9 Å². The van der Waals surface area contributed by atoms with Crippen LogP contribution in [0.1, 0.15) is 21.0 Å². The first kappa shape index (κ1) is 27.6. The zero-order valence-electron chi connectivity index (χ0n) is 19.3. The average molecular weight is 591 g/mol. The topological polar surface area (TPSA) is 148 Å². The Labute approximate surface area is 224 Å². The molecular weight excluding hydrogens is 572 g/mol. The maximum absolute atomic E-state index is 12.8. The first-order chi connectivity index (χ1) is 17.8. The van der Waals surface area contributed by atoms with E-state index < -0.39 is 34.3 Å². The first-order valence-corrected chi connectivity index (χ1v) is 13.4. The van der Waals surface area contributed by atoms with Crippen LogP contribution < -0.4 is 11.1 Å². The largest absolute Gasteiger partial charge is 0.408 e. The monoisotopic (exact) mass is 590 g/mol. The van der Waals surface area contributed by atoms with Gasteiger partial charge in [-0.05, 0) is 24.3 Å². The van der Waals surface area contributed by atoms with Crippen LogP contribution >= 0.6 is 23.2 Å². The Balaban J connectivity index is 1.47. The number of benzene rings is 1. The fourth-order valence-corrected chi connectivity index (χ4v) is 5.88. The van der Waals surface area contributed by atoms with E-state index in [1.807, 2.05) is 0 Å². The molecule has 0 spiro atoms. The second-order valence-electron chi connectivity index (χ2n) is 8.05. The first-order valence-electron chi connectivity index (χ1n) is 10.8. The number of nitrogens with two attached hydrogens (primary N) is 1. The quantitative estimate of drug-likeness (QED) is 0.447. The number of rotatable bonds is 6. The maximum atomic E-state index is 12.8. The van der Waals surface area contributed by atoms with Crippen LogP contribution in [-0.4, -0.2) is 78.2 Å². The second kappa shape index (κ2) is 10.7. The number of hydrogen-bond donors (Lipinski definition) is 2. The molecule has 0 bridgehead atoms. The number of primary amides is 1. The summed E-state index contributed by atoms with van der Waals surface area (Å²) in [5.74, 6) is -1.68. The Morgan fingerprint density at radius 1 is 1.11 bits per heavy atom. The number of carbonyl (C=O) groups is 2. The highest BCUT2D eigenvalue weighted by molar-refractivity contribution is 7.93. The number of halogens is 5. The SMILES string of the molecule is NC(=O)c1nn(-c2c(Cl)cccc2Cl)nc1Nc1ccc(C(=O)N2CCS(=O)(=NCC(F)(F)F)CC2)nc1. The molecule has 3 heterocycles. The molecule has 0 radical (unpaired) electrons. The summed E-state index contributed by atoms with van der Waals surface area (Å²) in [6.07, 6.45) is -3.23. The number of nitrogens with zero attached hydrogens (tertiary/aromatic N) is 6. The van der Waals surface area contributed by atoms with Gasteiger partial charge < -0.3 is 16.0 Å². The predicted molar refractivity (Wildman–Crippen MR) is 135 cm³/mol. The minimum atomic E-state index is -4.54. The summed E-state index contributed by atoms with van der Waals surface area (Å²) in [5, 5.41) is 11.6. The van der Waals surface area contributed by atoms with Gasteiger partial charge in [0.2, 0.25) is 0 Å². The van der Waals surface area contributed by atoms with Crippen molar-refractivity contribution in [3.8, 4) is 5.69 Å². The maximum Gasteiger partial charge on any atom is 0.408 e. The number of para-hydroxylation sites is 1. The van der Waals surface area contributed by atoms with Crippen LogP contribution in [0, 0.1) is 0 Å². The molecule has 2 amide bonds. The molecule has 202 valence electrons. The van der Waals surface area contributed by atoms with Crippen molar-refractivity contribution < 1.29 is 27.0 Å². The molecule has 1 saturated heterocycles. The van der Waals surface area contributed by atoms with Crippen LogP contribution in [-0.2, 0) is 9.73 Å². The summed E-state index contributed by atoms with van der Waals surface area (Å²) in [5.41, 5.74) is 5.87.